The van der Waals surface area contributed by atoms with Crippen molar-refractivity contribution in [3.05, 3.63) is 23.0 Å². The van der Waals surface area contributed by atoms with Gasteiger partial charge in [-0.05, 0) is 33.8 Å². The van der Waals surface area contributed by atoms with Crippen LogP contribution < -0.4 is 5.73 Å². The molecule has 0 spiro atoms. The summed E-state index contributed by atoms with van der Waals surface area (Å²) < 4.78 is 2.19. The Morgan fingerprint density at radius 2 is 2.00 bits per heavy atom. The normalized spacial score (nSPS) is 10.8. The van der Waals surface area contributed by atoms with Crippen LogP contribution in [-0.4, -0.2) is 10.4 Å². The molecule has 1 aromatic heterocycles. The van der Waals surface area contributed by atoms with Crippen LogP contribution in [0.5, 0.6) is 0 Å². The fraction of sp³-hybridized carbons (Fsp3) is 0.500. The van der Waals surface area contributed by atoms with Crippen LogP contribution >= 0.6 is 0 Å². The van der Waals surface area contributed by atoms with Gasteiger partial charge in [0.2, 0.25) is 0 Å². The third kappa shape index (κ3) is 1.59. The van der Waals surface area contributed by atoms with Crippen molar-refractivity contribution in [2.45, 2.75) is 33.7 Å². The number of nitrogens with two attached hydrogens (primary N) is 1. The molecule has 0 saturated carbocycles. The van der Waals surface area contributed by atoms with Crippen molar-refractivity contribution in [1.29, 1.82) is 5.41 Å². The summed E-state index contributed by atoms with van der Waals surface area (Å²) in [5.74, 6) is 0.153. The van der Waals surface area contributed by atoms with E-state index in [1.54, 1.807) is 0 Å². The van der Waals surface area contributed by atoms with E-state index < -0.39 is 0 Å². The Hall–Kier alpha value is -1.25. The summed E-state index contributed by atoms with van der Waals surface area (Å²) in [6, 6.07) is 2.39. The SMILES string of the molecule is Cc1cc(C(=N)N)c(C)n1C(C)C. The summed E-state index contributed by atoms with van der Waals surface area (Å²) in [5.41, 5.74) is 8.57. The molecular formula is C10H17N3. The van der Waals surface area contributed by atoms with E-state index in [1.165, 1.54) is 0 Å². The first-order chi connectivity index (χ1) is 5.95. The maximum absolute atomic E-state index is 7.39. The van der Waals surface area contributed by atoms with E-state index in [0.717, 1.165) is 17.0 Å². The van der Waals surface area contributed by atoms with Gasteiger partial charge in [-0.1, -0.05) is 0 Å². The molecule has 0 amide bonds. The molecule has 0 fully saturated rings. The summed E-state index contributed by atoms with van der Waals surface area (Å²) in [7, 11) is 0. The first kappa shape index (κ1) is 9.84. The van der Waals surface area contributed by atoms with Gasteiger partial charge in [-0.25, -0.2) is 0 Å². The molecule has 0 aliphatic rings. The minimum absolute atomic E-state index is 0.153. The van der Waals surface area contributed by atoms with Gasteiger partial charge < -0.3 is 10.3 Å². The molecule has 3 nitrogen and oxygen atoms in total. The minimum atomic E-state index is 0.153. The third-order valence-corrected chi connectivity index (χ3v) is 2.29. The average Bonchev–Trinajstić information content (AvgIpc) is 2.26. The van der Waals surface area contributed by atoms with Crippen molar-refractivity contribution in [3.8, 4) is 0 Å². The van der Waals surface area contributed by atoms with Crippen molar-refractivity contribution in [2.24, 2.45) is 5.73 Å². The highest BCUT2D eigenvalue weighted by atomic mass is 15.0. The number of amidine groups is 1. The highest BCUT2D eigenvalue weighted by molar-refractivity contribution is 5.96. The highest BCUT2D eigenvalue weighted by Crippen LogP contribution is 2.19. The van der Waals surface area contributed by atoms with Crippen LogP contribution in [0.15, 0.2) is 6.07 Å². The molecule has 0 atom stereocenters. The number of rotatable bonds is 2. The zero-order valence-corrected chi connectivity index (χ0v) is 8.68. The van der Waals surface area contributed by atoms with Gasteiger partial charge in [0.15, 0.2) is 0 Å². The highest BCUT2D eigenvalue weighted by Gasteiger charge is 2.12. The van der Waals surface area contributed by atoms with Crippen molar-refractivity contribution in [1.82, 2.24) is 4.57 Å². The summed E-state index contributed by atoms with van der Waals surface area (Å²) in [6.45, 7) is 8.30. The summed E-state index contributed by atoms with van der Waals surface area (Å²) >= 11 is 0. The van der Waals surface area contributed by atoms with Crippen LogP contribution in [0, 0.1) is 19.3 Å². The van der Waals surface area contributed by atoms with Crippen molar-refractivity contribution in [3.63, 3.8) is 0 Å². The van der Waals surface area contributed by atoms with Crippen LogP contribution in [0.3, 0.4) is 0 Å². The van der Waals surface area contributed by atoms with Crippen molar-refractivity contribution in [2.75, 3.05) is 0 Å². The van der Waals surface area contributed by atoms with E-state index in [9.17, 15) is 0 Å². The van der Waals surface area contributed by atoms with E-state index in [4.69, 9.17) is 11.1 Å². The number of nitrogens with one attached hydrogen (secondary N) is 1. The smallest absolute Gasteiger partial charge is 0.124 e. The van der Waals surface area contributed by atoms with Crippen LogP contribution in [-0.2, 0) is 0 Å². The molecule has 13 heavy (non-hydrogen) atoms. The lowest BCUT2D eigenvalue weighted by molar-refractivity contribution is 0.574. The molecule has 3 N–H and O–H groups in total. The standard InChI is InChI=1S/C10H17N3/c1-6(2)13-7(3)5-9(8(13)4)10(11)12/h5-6H,1-4H3,(H3,11,12). The summed E-state index contributed by atoms with van der Waals surface area (Å²) in [5, 5.41) is 7.39. The second-order valence-electron chi connectivity index (χ2n) is 3.66. The molecule has 0 aliphatic heterocycles. The van der Waals surface area contributed by atoms with E-state index in [-0.39, 0.29) is 5.84 Å². The number of nitrogen functional groups attached to an aromatic ring is 1. The number of hydrogen-bond acceptors (Lipinski definition) is 1. The molecule has 0 radical (unpaired) electrons. The molecule has 72 valence electrons. The number of aryl methyl sites for hydroxylation is 1. The predicted octanol–water partition coefficient (Wildman–Crippen LogP) is 1.97. The van der Waals surface area contributed by atoms with Crippen LogP contribution in [0.25, 0.3) is 0 Å². The van der Waals surface area contributed by atoms with Crippen LogP contribution in [0.2, 0.25) is 0 Å². The first-order valence-corrected chi connectivity index (χ1v) is 4.48. The second kappa shape index (κ2) is 3.24. The molecule has 0 unspecified atom stereocenters. The van der Waals surface area contributed by atoms with Gasteiger partial charge in [-0.15, -0.1) is 0 Å². The van der Waals surface area contributed by atoms with Gasteiger partial charge in [0, 0.05) is 23.0 Å². The van der Waals surface area contributed by atoms with Crippen molar-refractivity contribution < 1.29 is 0 Å². The van der Waals surface area contributed by atoms with Crippen LogP contribution in [0.1, 0.15) is 36.8 Å². The molecule has 0 saturated heterocycles. The predicted molar refractivity (Wildman–Crippen MR) is 55.3 cm³/mol. The lowest BCUT2D eigenvalue weighted by Crippen LogP contribution is -2.13. The Bertz CT molecular complexity index is 334. The maximum atomic E-state index is 7.39. The van der Waals surface area contributed by atoms with E-state index in [2.05, 4.69) is 18.4 Å². The lowest BCUT2D eigenvalue weighted by Gasteiger charge is -2.13. The Morgan fingerprint density at radius 3 is 2.23 bits per heavy atom. The fourth-order valence-electron chi connectivity index (χ4n) is 1.84. The maximum Gasteiger partial charge on any atom is 0.124 e. The van der Waals surface area contributed by atoms with Gasteiger partial charge >= 0.3 is 0 Å². The Morgan fingerprint density at radius 1 is 1.46 bits per heavy atom. The van der Waals surface area contributed by atoms with E-state index >= 15 is 0 Å². The Labute approximate surface area is 79.1 Å². The van der Waals surface area contributed by atoms with Gasteiger partial charge in [-0.3, -0.25) is 5.41 Å². The van der Waals surface area contributed by atoms with Gasteiger partial charge in [0.05, 0.1) is 0 Å². The first-order valence-electron chi connectivity index (χ1n) is 4.48. The third-order valence-electron chi connectivity index (χ3n) is 2.29. The molecule has 1 heterocycles. The van der Waals surface area contributed by atoms with Crippen molar-refractivity contribution >= 4 is 5.84 Å². The number of hydrogen-bond donors (Lipinski definition) is 2. The average molecular weight is 179 g/mol. The van der Waals surface area contributed by atoms with Gasteiger partial charge in [0.25, 0.3) is 0 Å². The fourth-order valence-corrected chi connectivity index (χ4v) is 1.84. The monoisotopic (exact) mass is 179 g/mol. The second-order valence-corrected chi connectivity index (χ2v) is 3.66. The van der Waals surface area contributed by atoms with E-state index in [0.29, 0.717) is 6.04 Å². The zero-order valence-electron chi connectivity index (χ0n) is 8.68. The molecule has 3 heteroatoms. The molecule has 0 aliphatic carbocycles. The summed E-state index contributed by atoms with van der Waals surface area (Å²) in [6.07, 6.45) is 0. The molecule has 0 aromatic carbocycles. The minimum Gasteiger partial charge on any atom is -0.384 e. The van der Waals surface area contributed by atoms with Gasteiger partial charge in [0.1, 0.15) is 5.84 Å². The Kier molecular flexibility index (Phi) is 2.45. The topological polar surface area (TPSA) is 54.8 Å². The molecule has 1 rings (SSSR count). The zero-order chi connectivity index (χ0) is 10.2. The lowest BCUT2D eigenvalue weighted by atomic mass is 10.2. The summed E-state index contributed by atoms with van der Waals surface area (Å²) in [4.78, 5) is 0. The molecule has 1 aromatic rings. The Balaban J connectivity index is 3.30. The number of aromatic nitrogens is 1. The van der Waals surface area contributed by atoms with Crippen LogP contribution in [0.4, 0.5) is 0 Å². The quantitative estimate of drug-likeness (QED) is 0.529. The van der Waals surface area contributed by atoms with Gasteiger partial charge in [-0.2, -0.15) is 0 Å². The molecular weight excluding hydrogens is 162 g/mol. The number of nitrogens with zero attached hydrogens (tertiary/aromatic N) is 1. The molecule has 0 bridgehead atoms. The van der Waals surface area contributed by atoms with E-state index in [1.807, 2.05) is 19.9 Å². The largest absolute Gasteiger partial charge is 0.384 e.